The fourth-order valence-electron chi connectivity index (χ4n) is 2.81. The number of nitrogens with zero attached hydrogens (tertiary/aromatic N) is 1. The van der Waals surface area contributed by atoms with Gasteiger partial charge in [-0.25, -0.2) is 0 Å². The van der Waals surface area contributed by atoms with Gasteiger partial charge in [-0.15, -0.1) is 11.3 Å². The van der Waals surface area contributed by atoms with Crippen molar-refractivity contribution in [3.63, 3.8) is 0 Å². The number of nitrogens with one attached hydrogen (secondary N) is 1. The molecule has 3 nitrogen and oxygen atoms in total. The zero-order chi connectivity index (χ0) is 12.5. The molecule has 18 heavy (non-hydrogen) atoms. The van der Waals surface area contributed by atoms with Gasteiger partial charge in [-0.05, 0) is 43.2 Å². The van der Waals surface area contributed by atoms with E-state index in [2.05, 4.69) is 16.8 Å². The molecule has 1 saturated heterocycles. The molecule has 3 rings (SSSR count). The van der Waals surface area contributed by atoms with Crippen LogP contribution >= 0.6 is 11.3 Å². The Morgan fingerprint density at radius 1 is 1.56 bits per heavy atom. The fraction of sp³-hybridized carbons (Fsp3) is 0.500. The fourth-order valence-corrected chi connectivity index (χ4v) is 3.59. The lowest BCUT2D eigenvalue weighted by molar-refractivity contribution is 0.0603. The predicted octanol–water partition coefficient (Wildman–Crippen LogP) is 3.63. The second kappa shape index (κ2) is 4.76. The first-order valence-corrected chi connectivity index (χ1v) is 7.54. The highest BCUT2D eigenvalue weighted by atomic mass is 32.1. The Balaban J connectivity index is 1.86. The molecule has 2 aromatic heterocycles. The molecule has 1 fully saturated rings. The summed E-state index contributed by atoms with van der Waals surface area (Å²) in [6.07, 6.45) is 4.59. The Morgan fingerprint density at radius 2 is 2.44 bits per heavy atom. The maximum atomic E-state index is 12.5. The molecule has 0 bridgehead atoms. The summed E-state index contributed by atoms with van der Waals surface area (Å²) >= 11 is 1.68. The summed E-state index contributed by atoms with van der Waals surface area (Å²) in [5.74, 6) is 0.171. The maximum Gasteiger partial charge on any atom is 0.270 e. The zero-order valence-electron chi connectivity index (χ0n) is 10.6. The van der Waals surface area contributed by atoms with Crippen molar-refractivity contribution in [3.8, 4) is 0 Å². The van der Waals surface area contributed by atoms with Gasteiger partial charge in [0.1, 0.15) is 5.69 Å². The van der Waals surface area contributed by atoms with Crippen molar-refractivity contribution in [2.45, 2.75) is 38.6 Å². The van der Waals surface area contributed by atoms with Crippen LogP contribution < -0.4 is 0 Å². The topological polar surface area (TPSA) is 36.1 Å². The van der Waals surface area contributed by atoms with Crippen LogP contribution in [0.2, 0.25) is 0 Å². The monoisotopic (exact) mass is 262 g/mol. The summed E-state index contributed by atoms with van der Waals surface area (Å²) in [6, 6.07) is 4.45. The van der Waals surface area contributed by atoms with E-state index < -0.39 is 0 Å². The molecule has 0 radical (unpaired) electrons. The summed E-state index contributed by atoms with van der Waals surface area (Å²) in [5, 5.41) is 2.05. The number of thiophene rings is 1. The van der Waals surface area contributed by atoms with Crippen molar-refractivity contribution in [1.29, 1.82) is 0 Å². The van der Waals surface area contributed by atoms with Gasteiger partial charge in [-0.3, -0.25) is 4.79 Å². The van der Waals surface area contributed by atoms with Gasteiger partial charge in [-0.1, -0.05) is 6.92 Å². The zero-order valence-corrected chi connectivity index (χ0v) is 11.4. The van der Waals surface area contributed by atoms with Crippen LogP contribution in [-0.2, 0) is 0 Å². The van der Waals surface area contributed by atoms with E-state index in [0.717, 1.165) is 37.0 Å². The summed E-state index contributed by atoms with van der Waals surface area (Å²) in [5.41, 5.74) is 1.82. The van der Waals surface area contributed by atoms with E-state index in [1.807, 2.05) is 17.5 Å². The summed E-state index contributed by atoms with van der Waals surface area (Å²) < 4.78 is 1.17. The van der Waals surface area contributed by atoms with Gasteiger partial charge in [0.25, 0.3) is 5.91 Å². The van der Waals surface area contributed by atoms with E-state index in [4.69, 9.17) is 0 Å². The van der Waals surface area contributed by atoms with Gasteiger partial charge in [-0.2, -0.15) is 0 Å². The molecule has 1 aliphatic rings. The number of rotatable bonds is 2. The Kier molecular flexibility index (Phi) is 3.12. The van der Waals surface area contributed by atoms with Crippen LogP contribution in [0.5, 0.6) is 0 Å². The van der Waals surface area contributed by atoms with E-state index in [1.54, 1.807) is 11.3 Å². The first-order chi connectivity index (χ1) is 8.79. The normalized spacial score (nSPS) is 20.5. The molecular weight excluding hydrogens is 244 g/mol. The molecule has 3 heterocycles. The molecule has 96 valence electrons. The number of piperidine rings is 1. The number of H-pyrrole nitrogens is 1. The van der Waals surface area contributed by atoms with Gasteiger partial charge in [0.15, 0.2) is 0 Å². The number of hydrogen-bond donors (Lipinski definition) is 1. The van der Waals surface area contributed by atoms with E-state index in [1.165, 1.54) is 11.1 Å². The molecular formula is C14H18N2OS. The van der Waals surface area contributed by atoms with Gasteiger partial charge >= 0.3 is 0 Å². The number of fused-ring (bicyclic) bond motifs is 1. The first kappa shape index (κ1) is 11.8. The van der Waals surface area contributed by atoms with Crippen LogP contribution in [0.1, 0.15) is 43.1 Å². The molecule has 0 aliphatic carbocycles. The van der Waals surface area contributed by atoms with Crippen LogP contribution in [0.15, 0.2) is 17.5 Å². The minimum atomic E-state index is 0.171. The Labute approximate surface area is 111 Å². The van der Waals surface area contributed by atoms with Crippen molar-refractivity contribution in [3.05, 3.63) is 23.2 Å². The molecule has 1 atom stereocenters. The lowest BCUT2D eigenvalue weighted by Gasteiger charge is -2.35. The number of aromatic amines is 1. The van der Waals surface area contributed by atoms with Gasteiger partial charge in [0, 0.05) is 12.6 Å². The van der Waals surface area contributed by atoms with Crippen LogP contribution in [0, 0.1) is 0 Å². The smallest absolute Gasteiger partial charge is 0.270 e. The number of aromatic nitrogens is 1. The van der Waals surface area contributed by atoms with Crippen molar-refractivity contribution >= 4 is 27.5 Å². The van der Waals surface area contributed by atoms with E-state index in [9.17, 15) is 4.79 Å². The number of carbonyl (C=O) groups excluding carboxylic acids is 1. The largest absolute Gasteiger partial charge is 0.350 e. The third-order valence-corrected chi connectivity index (χ3v) is 4.69. The molecule has 1 aliphatic heterocycles. The molecule has 0 aromatic carbocycles. The Hall–Kier alpha value is -1.29. The number of likely N-dealkylation sites (tertiary alicyclic amines) is 1. The maximum absolute atomic E-state index is 12.5. The minimum Gasteiger partial charge on any atom is -0.350 e. The number of hydrogen-bond acceptors (Lipinski definition) is 2. The molecule has 1 amide bonds. The Bertz CT molecular complexity index is 528. The highest BCUT2D eigenvalue weighted by Crippen LogP contribution is 2.25. The highest BCUT2D eigenvalue weighted by Gasteiger charge is 2.27. The Morgan fingerprint density at radius 3 is 3.22 bits per heavy atom. The number of amides is 1. The van der Waals surface area contributed by atoms with Crippen LogP contribution in [0.3, 0.4) is 0 Å². The van der Waals surface area contributed by atoms with Crippen LogP contribution in [0.4, 0.5) is 0 Å². The molecule has 1 N–H and O–H groups in total. The van der Waals surface area contributed by atoms with Gasteiger partial charge in [0.2, 0.25) is 0 Å². The molecule has 4 heteroatoms. The van der Waals surface area contributed by atoms with Crippen molar-refractivity contribution in [2.75, 3.05) is 6.54 Å². The van der Waals surface area contributed by atoms with Crippen LogP contribution in [0.25, 0.3) is 10.2 Å². The third kappa shape index (κ3) is 1.94. The summed E-state index contributed by atoms with van der Waals surface area (Å²) in [7, 11) is 0. The quantitative estimate of drug-likeness (QED) is 0.881. The third-order valence-electron chi connectivity index (χ3n) is 3.83. The first-order valence-electron chi connectivity index (χ1n) is 6.66. The van der Waals surface area contributed by atoms with Gasteiger partial charge < -0.3 is 9.88 Å². The average Bonchev–Trinajstić information content (AvgIpc) is 2.98. The number of carbonyl (C=O) groups is 1. The SMILES string of the molecule is CCC1CCCCN1C(=O)c1cc2sccc2[nH]1. The second-order valence-electron chi connectivity index (χ2n) is 4.94. The average molecular weight is 262 g/mol. The molecule has 0 saturated carbocycles. The van der Waals surface area contributed by atoms with Crippen molar-refractivity contribution < 1.29 is 4.79 Å². The van der Waals surface area contributed by atoms with Crippen LogP contribution in [-0.4, -0.2) is 28.4 Å². The lowest BCUT2D eigenvalue weighted by Crippen LogP contribution is -2.43. The molecule has 0 spiro atoms. The van der Waals surface area contributed by atoms with E-state index >= 15 is 0 Å². The highest BCUT2D eigenvalue weighted by molar-refractivity contribution is 7.17. The van der Waals surface area contributed by atoms with Crippen molar-refractivity contribution in [1.82, 2.24) is 9.88 Å². The summed E-state index contributed by atoms with van der Waals surface area (Å²) in [4.78, 5) is 17.8. The minimum absolute atomic E-state index is 0.171. The van der Waals surface area contributed by atoms with Gasteiger partial charge in [0.05, 0.1) is 10.2 Å². The van der Waals surface area contributed by atoms with E-state index in [-0.39, 0.29) is 5.91 Å². The molecule has 1 unspecified atom stereocenters. The molecule has 2 aromatic rings. The van der Waals surface area contributed by atoms with Crippen molar-refractivity contribution in [2.24, 2.45) is 0 Å². The lowest BCUT2D eigenvalue weighted by atomic mass is 10.00. The predicted molar refractivity (Wildman–Crippen MR) is 75.1 cm³/mol. The standard InChI is InChI=1S/C14H18N2OS/c1-2-10-5-3-4-7-16(10)14(17)12-9-13-11(15-12)6-8-18-13/h6,8-10,15H,2-5,7H2,1H3. The van der Waals surface area contributed by atoms with E-state index in [0.29, 0.717) is 6.04 Å². The summed E-state index contributed by atoms with van der Waals surface area (Å²) in [6.45, 7) is 3.08. The second-order valence-corrected chi connectivity index (χ2v) is 5.89.